The van der Waals surface area contributed by atoms with E-state index >= 15 is 0 Å². The Balaban J connectivity index is 1.71. The van der Waals surface area contributed by atoms with Gasteiger partial charge in [-0.1, -0.05) is 46.6 Å². The number of para-hydroxylation sites is 2. The molecule has 2 aromatic rings. The van der Waals surface area contributed by atoms with Crippen molar-refractivity contribution < 1.29 is 9.47 Å². The molecule has 0 amide bonds. The van der Waals surface area contributed by atoms with Gasteiger partial charge in [0.1, 0.15) is 11.5 Å². The predicted octanol–water partition coefficient (Wildman–Crippen LogP) is 3.22. The second-order valence-electron chi connectivity index (χ2n) is 3.58. The zero-order valence-electron chi connectivity index (χ0n) is 8.98. The van der Waals surface area contributed by atoms with E-state index in [1.165, 1.54) is 0 Å². The smallest absolute Gasteiger partial charge is 0.413 e. The van der Waals surface area contributed by atoms with Crippen molar-refractivity contribution in [3.8, 4) is 11.5 Å². The molecule has 0 radical (unpaired) electrons. The number of hydrogen-bond donors (Lipinski definition) is 0. The fourth-order valence-electron chi connectivity index (χ4n) is 1.43. The van der Waals surface area contributed by atoms with Crippen LogP contribution in [-0.4, -0.2) is 6.03 Å². The van der Waals surface area contributed by atoms with Crippen molar-refractivity contribution >= 4 is 0 Å². The molecule has 0 unspecified atom stereocenters. The summed E-state index contributed by atoms with van der Waals surface area (Å²) in [6, 6.07) is 17.5. The minimum atomic E-state index is -1.19. The second-order valence-corrected chi connectivity index (χ2v) is 3.58. The summed E-state index contributed by atoms with van der Waals surface area (Å²) in [5.74, 6) is 1.35. The zero-order valence-corrected chi connectivity index (χ0v) is 8.98. The summed E-state index contributed by atoms with van der Waals surface area (Å²) < 4.78 is 11.1. The highest BCUT2D eigenvalue weighted by atomic mass is 16.8. The van der Waals surface area contributed by atoms with Crippen molar-refractivity contribution in [1.82, 2.24) is 0 Å². The Morgan fingerprint density at radius 1 is 0.647 bits per heavy atom. The van der Waals surface area contributed by atoms with E-state index in [4.69, 9.17) is 9.47 Å². The third-order valence-corrected chi connectivity index (χ3v) is 2.25. The Hall–Kier alpha value is -2.36. The molecular weight excluding hydrogens is 216 g/mol. The fraction of sp³-hybridized carbons (Fsp3) is 0.0769. The molecule has 3 rings (SSSR count). The molecule has 0 spiro atoms. The molecule has 0 N–H and O–H groups in total. The number of benzene rings is 2. The van der Waals surface area contributed by atoms with Crippen molar-refractivity contribution in [2.75, 3.05) is 0 Å². The lowest BCUT2D eigenvalue weighted by atomic mass is 10.3. The largest absolute Gasteiger partial charge is 0.506 e. The van der Waals surface area contributed by atoms with Gasteiger partial charge < -0.3 is 9.47 Å². The van der Waals surface area contributed by atoms with Gasteiger partial charge in [-0.15, -0.1) is 0 Å². The van der Waals surface area contributed by atoms with Gasteiger partial charge >= 0.3 is 6.03 Å². The van der Waals surface area contributed by atoms with Gasteiger partial charge in [0.05, 0.1) is 0 Å². The Bertz CT molecular complexity index is 476. The van der Waals surface area contributed by atoms with E-state index in [0.29, 0.717) is 11.5 Å². The van der Waals surface area contributed by atoms with Gasteiger partial charge in [0.25, 0.3) is 0 Å². The molecular formula is C13H10N2O2. The number of hydrogen-bond acceptors (Lipinski definition) is 4. The van der Waals surface area contributed by atoms with Gasteiger partial charge in [-0.3, -0.25) is 0 Å². The second kappa shape index (κ2) is 3.90. The molecule has 0 atom stereocenters. The van der Waals surface area contributed by atoms with E-state index in [9.17, 15) is 0 Å². The Labute approximate surface area is 98.5 Å². The molecule has 4 heteroatoms. The standard InChI is InChI=1S/C13H10N2O2/c1-3-7-11(8-4-1)16-13(14-15-13)17-12-9-5-2-6-10-12/h1-10H. The molecule has 17 heavy (non-hydrogen) atoms. The van der Waals surface area contributed by atoms with Crippen LogP contribution in [0.25, 0.3) is 0 Å². The molecule has 0 aromatic heterocycles. The van der Waals surface area contributed by atoms with E-state index in [0.717, 1.165) is 0 Å². The maximum absolute atomic E-state index is 5.56. The maximum atomic E-state index is 5.56. The minimum absolute atomic E-state index is 0.674. The topological polar surface area (TPSA) is 43.2 Å². The van der Waals surface area contributed by atoms with Gasteiger partial charge in [-0.2, -0.15) is 0 Å². The predicted molar refractivity (Wildman–Crippen MR) is 61.7 cm³/mol. The summed E-state index contributed by atoms with van der Waals surface area (Å²) in [5.41, 5.74) is 0. The monoisotopic (exact) mass is 226 g/mol. The van der Waals surface area contributed by atoms with E-state index < -0.39 is 6.03 Å². The molecule has 1 heterocycles. The third-order valence-electron chi connectivity index (χ3n) is 2.25. The minimum Gasteiger partial charge on any atom is -0.413 e. The molecule has 0 aliphatic carbocycles. The van der Waals surface area contributed by atoms with Crippen molar-refractivity contribution in [3.05, 3.63) is 60.7 Å². The first-order chi connectivity index (χ1) is 8.36. The molecule has 1 aliphatic rings. The summed E-state index contributed by atoms with van der Waals surface area (Å²) in [4.78, 5) is 0. The number of ether oxygens (including phenoxy) is 2. The summed E-state index contributed by atoms with van der Waals surface area (Å²) in [7, 11) is 0. The van der Waals surface area contributed by atoms with Crippen molar-refractivity contribution in [2.45, 2.75) is 6.03 Å². The third kappa shape index (κ3) is 2.25. The molecule has 0 bridgehead atoms. The molecule has 0 fully saturated rings. The highest BCUT2D eigenvalue weighted by Crippen LogP contribution is 2.33. The fourth-order valence-corrected chi connectivity index (χ4v) is 1.43. The zero-order chi connectivity index (χ0) is 11.6. The molecule has 4 nitrogen and oxygen atoms in total. The van der Waals surface area contributed by atoms with E-state index in [2.05, 4.69) is 10.2 Å². The lowest BCUT2D eigenvalue weighted by Crippen LogP contribution is -2.27. The van der Waals surface area contributed by atoms with Crippen LogP contribution in [0.5, 0.6) is 11.5 Å². The van der Waals surface area contributed by atoms with E-state index in [1.54, 1.807) is 0 Å². The van der Waals surface area contributed by atoms with Crippen LogP contribution >= 0.6 is 0 Å². The van der Waals surface area contributed by atoms with Gasteiger partial charge in [0.15, 0.2) is 0 Å². The number of nitrogens with zero attached hydrogens (tertiary/aromatic N) is 2. The van der Waals surface area contributed by atoms with E-state index in [-0.39, 0.29) is 0 Å². The Morgan fingerprint density at radius 3 is 1.41 bits per heavy atom. The molecule has 84 valence electrons. The molecule has 2 aromatic carbocycles. The maximum Gasteiger partial charge on any atom is 0.506 e. The summed E-state index contributed by atoms with van der Waals surface area (Å²) in [6.07, 6.45) is 0. The summed E-state index contributed by atoms with van der Waals surface area (Å²) in [6.45, 7) is 0. The van der Waals surface area contributed by atoms with Gasteiger partial charge in [-0.25, -0.2) is 0 Å². The van der Waals surface area contributed by atoms with Crippen molar-refractivity contribution in [3.63, 3.8) is 0 Å². The summed E-state index contributed by atoms with van der Waals surface area (Å²) in [5, 5.41) is 7.61. The first kappa shape index (κ1) is 9.84. The normalized spacial score (nSPS) is 15.3. The first-order valence-corrected chi connectivity index (χ1v) is 5.29. The Kier molecular flexibility index (Phi) is 2.26. The van der Waals surface area contributed by atoms with Crippen LogP contribution in [0, 0.1) is 0 Å². The van der Waals surface area contributed by atoms with Crippen LogP contribution < -0.4 is 9.47 Å². The molecule has 0 saturated heterocycles. The first-order valence-electron chi connectivity index (χ1n) is 5.29. The SMILES string of the molecule is c1ccc(OC2(Oc3ccccc3)N=N2)cc1. The molecule has 0 saturated carbocycles. The van der Waals surface area contributed by atoms with Crippen molar-refractivity contribution in [2.24, 2.45) is 10.2 Å². The van der Waals surface area contributed by atoms with Crippen LogP contribution in [0.2, 0.25) is 0 Å². The van der Waals surface area contributed by atoms with Crippen LogP contribution in [0.1, 0.15) is 0 Å². The van der Waals surface area contributed by atoms with Crippen LogP contribution in [0.15, 0.2) is 70.9 Å². The van der Waals surface area contributed by atoms with Crippen LogP contribution in [0.4, 0.5) is 0 Å². The summed E-state index contributed by atoms with van der Waals surface area (Å²) >= 11 is 0. The average Bonchev–Trinajstić information content (AvgIpc) is 3.11. The van der Waals surface area contributed by atoms with Gasteiger partial charge in [0.2, 0.25) is 0 Å². The van der Waals surface area contributed by atoms with Crippen molar-refractivity contribution in [1.29, 1.82) is 0 Å². The number of rotatable bonds is 4. The molecule has 1 aliphatic heterocycles. The Morgan fingerprint density at radius 2 is 1.06 bits per heavy atom. The highest BCUT2D eigenvalue weighted by molar-refractivity contribution is 5.24. The van der Waals surface area contributed by atoms with Gasteiger partial charge in [-0.05, 0) is 24.3 Å². The van der Waals surface area contributed by atoms with E-state index in [1.807, 2.05) is 60.7 Å². The highest BCUT2D eigenvalue weighted by Gasteiger charge is 2.47. The van der Waals surface area contributed by atoms with Crippen LogP contribution in [-0.2, 0) is 0 Å². The lowest BCUT2D eigenvalue weighted by Gasteiger charge is -2.14. The average molecular weight is 226 g/mol. The lowest BCUT2D eigenvalue weighted by molar-refractivity contribution is -0.0387. The quantitative estimate of drug-likeness (QED) is 0.751. The van der Waals surface area contributed by atoms with Gasteiger partial charge in [0, 0.05) is 0 Å². The van der Waals surface area contributed by atoms with Crippen LogP contribution in [0.3, 0.4) is 0 Å².